The highest BCUT2D eigenvalue weighted by molar-refractivity contribution is 6.15. The van der Waals surface area contributed by atoms with Gasteiger partial charge in [-0.25, -0.2) is 4.79 Å². The van der Waals surface area contributed by atoms with Crippen molar-refractivity contribution in [3.05, 3.63) is 77.1 Å². The van der Waals surface area contributed by atoms with E-state index < -0.39 is 5.60 Å². The molecule has 2 aromatic rings. The van der Waals surface area contributed by atoms with Crippen molar-refractivity contribution in [2.75, 3.05) is 5.23 Å². The maximum absolute atomic E-state index is 13.2. The minimum absolute atomic E-state index is 0.181. The second-order valence-electron chi connectivity index (χ2n) is 8.18. The average molecular weight is 405 g/mol. The van der Waals surface area contributed by atoms with E-state index in [1.807, 2.05) is 57.4 Å². The number of carbonyl (C=O) groups is 1. The molecule has 0 fully saturated rings. The Hall–Kier alpha value is -2.69. The summed E-state index contributed by atoms with van der Waals surface area (Å²) in [6.45, 7) is 4.13. The molecular formula is C25H32BNO3. The summed E-state index contributed by atoms with van der Waals surface area (Å²) in [5.41, 5.74) is 2.99. The van der Waals surface area contributed by atoms with Gasteiger partial charge in [0.2, 0.25) is 7.98 Å². The number of benzene rings is 2. The SMILES string of the molecule is BNc1cccc([C@@H](CC)C2=C(O)C[C@@](CCC)(CCc3ccccc3)OC2=O)c1. The summed E-state index contributed by atoms with van der Waals surface area (Å²) in [5, 5.41) is 14.2. The van der Waals surface area contributed by atoms with Crippen molar-refractivity contribution in [2.24, 2.45) is 0 Å². The monoisotopic (exact) mass is 405 g/mol. The van der Waals surface area contributed by atoms with E-state index in [1.165, 1.54) is 5.56 Å². The van der Waals surface area contributed by atoms with Crippen LogP contribution in [0, 0.1) is 0 Å². The molecule has 0 unspecified atom stereocenters. The molecule has 0 radical (unpaired) electrons. The van der Waals surface area contributed by atoms with E-state index in [-0.39, 0.29) is 17.6 Å². The molecule has 0 spiro atoms. The lowest BCUT2D eigenvalue weighted by Gasteiger charge is -2.38. The smallest absolute Gasteiger partial charge is 0.338 e. The van der Waals surface area contributed by atoms with Gasteiger partial charge in [0, 0.05) is 18.0 Å². The van der Waals surface area contributed by atoms with Gasteiger partial charge in [0.15, 0.2) is 0 Å². The van der Waals surface area contributed by atoms with Gasteiger partial charge in [-0.15, -0.1) is 0 Å². The molecule has 0 saturated carbocycles. The first-order valence-corrected chi connectivity index (χ1v) is 11.0. The number of carbonyl (C=O) groups excluding carboxylic acids is 1. The number of anilines is 1. The van der Waals surface area contributed by atoms with Gasteiger partial charge < -0.3 is 15.1 Å². The molecule has 0 bridgehead atoms. The molecular weight excluding hydrogens is 373 g/mol. The zero-order valence-electron chi connectivity index (χ0n) is 18.3. The standard InChI is InChI=1S/C25H32BNO3/c1-3-14-25(15-13-18-9-6-5-7-10-18)17-22(28)23(24(29)30-25)21(4-2)19-11-8-12-20(16-19)27-26/h5-12,16,21,27-28H,3-4,13-15,17,26H2,1-2H3/t21-,25-/m1/s1. The molecule has 2 aromatic carbocycles. The Morgan fingerprint density at radius 2 is 1.90 bits per heavy atom. The van der Waals surface area contributed by atoms with E-state index in [4.69, 9.17) is 4.74 Å². The quantitative estimate of drug-likeness (QED) is 0.452. The van der Waals surface area contributed by atoms with Gasteiger partial charge in [-0.2, -0.15) is 0 Å². The molecule has 0 saturated heterocycles. The highest BCUT2D eigenvalue weighted by atomic mass is 16.6. The molecule has 2 atom stereocenters. The third-order valence-electron chi connectivity index (χ3n) is 6.08. The van der Waals surface area contributed by atoms with Crippen molar-refractivity contribution in [3.63, 3.8) is 0 Å². The Morgan fingerprint density at radius 3 is 2.53 bits per heavy atom. The molecule has 0 aromatic heterocycles. The van der Waals surface area contributed by atoms with Crippen LogP contribution in [-0.2, 0) is 16.0 Å². The number of aliphatic hydroxyl groups is 1. The minimum Gasteiger partial charge on any atom is -0.512 e. The summed E-state index contributed by atoms with van der Waals surface area (Å²) in [4.78, 5) is 13.2. The number of hydrogen-bond acceptors (Lipinski definition) is 4. The molecule has 1 aliphatic heterocycles. The minimum atomic E-state index is -0.639. The van der Waals surface area contributed by atoms with Crippen molar-refractivity contribution in [2.45, 2.75) is 63.9 Å². The summed E-state index contributed by atoms with van der Waals surface area (Å²) in [6, 6.07) is 18.2. The van der Waals surface area contributed by atoms with Gasteiger partial charge in [-0.3, -0.25) is 0 Å². The first-order chi connectivity index (χ1) is 14.5. The lowest BCUT2D eigenvalue weighted by Crippen LogP contribution is -2.41. The van der Waals surface area contributed by atoms with Crippen molar-refractivity contribution >= 4 is 19.6 Å². The van der Waals surface area contributed by atoms with Crippen LogP contribution in [0.25, 0.3) is 0 Å². The van der Waals surface area contributed by atoms with Crippen molar-refractivity contribution in [1.82, 2.24) is 0 Å². The number of esters is 1. The van der Waals surface area contributed by atoms with Gasteiger partial charge in [-0.1, -0.05) is 62.7 Å². The highest BCUT2D eigenvalue weighted by Crippen LogP contribution is 2.42. The maximum atomic E-state index is 13.2. The van der Waals surface area contributed by atoms with Gasteiger partial charge in [-0.05, 0) is 48.9 Å². The van der Waals surface area contributed by atoms with Crippen LogP contribution in [0.5, 0.6) is 0 Å². The van der Waals surface area contributed by atoms with E-state index >= 15 is 0 Å². The summed E-state index contributed by atoms with van der Waals surface area (Å²) in [6.07, 6.45) is 4.27. The predicted molar refractivity (Wildman–Crippen MR) is 124 cm³/mol. The number of aryl methyl sites for hydroxylation is 1. The second kappa shape index (κ2) is 9.88. The van der Waals surface area contributed by atoms with E-state index in [0.717, 1.165) is 30.5 Å². The summed E-state index contributed by atoms with van der Waals surface area (Å²) < 4.78 is 6.11. The van der Waals surface area contributed by atoms with Crippen molar-refractivity contribution in [3.8, 4) is 0 Å². The molecule has 2 N–H and O–H groups in total. The Morgan fingerprint density at radius 1 is 1.13 bits per heavy atom. The lowest BCUT2D eigenvalue weighted by molar-refractivity contribution is -0.161. The molecule has 158 valence electrons. The van der Waals surface area contributed by atoms with Gasteiger partial charge in [0.1, 0.15) is 11.4 Å². The van der Waals surface area contributed by atoms with Gasteiger partial charge in [0.05, 0.1) is 5.57 Å². The Labute approximate surface area is 180 Å². The molecule has 1 heterocycles. The fraction of sp³-hybridized carbons (Fsp3) is 0.400. The predicted octanol–water partition coefficient (Wildman–Crippen LogP) is 5.07. The van der Waals surface area contributed by atoms with Crippen LogP contribution in [0.2, 0.25) is 0 Å². The van der Waals surface area contributed by atoms with Crippen LogP contribution in [0.4, 0.5) is 5.69 Å². The molecule has 3 rings (SSSR count). The Balaban J connectivity index is 1.88. The number of aliphatic hydroxyl groups excluding tert-OH is 1. The molecule has 30 heavy (non-hydrogen) atoms. The highest BCUT2D eigenvalue weighted by Gasteiger charge is 2.43. The normalized spacial score (nSPS) is 20.0. The molecule has 5 heteroatoms. The summed E-state index contributed by atoms with van der Waals surface area (Å²) in [5.74, 6) is -0.365. The van der Waals surface area contributed by atoms with E-state index in [2.05, 4.69) is 24.3 Å². The van der Waals surface area contributed by atoms with Crippen molar-refractivity contribution in [1.29, 1.82) is 0 Å². The van der Waals surface area contributed by atoms with Crippen LogP contribution < -0.4 is 5.23 Å². The zero-order chi connectivity index (χ0) is 21.6. The topological polar surface area (TPSA) is 58.6 Å². The molecule has 0 aliphatic carbocycles. The fourth-order valence-electron chi connectivity index (χ4n) is 4.54. The van der Waals surface area contributed by atoms with Crippen LogP contribution in [0.15, 0.2) is 65.9 Å². The molecule has 1 aliphatic rings. The largest absolute Gasteiger partial charge is 0.512 e. The number of hydrogen-bond donors (Lipinski definition) is 2. The summed E-state index contributed by atoms with van der Waals surface area (Å²) in [7, 11) is 1.87. The third-order valence-corrected chi connectivity index (χ3v) is 6.08. The van der Waals surface area contributed by atoms with Crippen LogP contribution in [0.1, 0.15) is 63.0 Å². The zero-order valence-corrected chi connectivity index (χ0v) is 18.3. The van der Waals surface area contributed by atoms with Crippen LogP contribution in [0.3, 0.4) is 0 Å². The number of ether oxygens (including phenoxy) is 1. The van der Waals surface area contributed by atoms with E-state index in [9.17, 15) is 9.90 Å². The van der Waals surface area contributed by atoms with Gasteiger partial charge in [0.25, 0.3) is 0 Å². The summed E-state index contributed by atoms with van der Waals surface area (Å²) >= 11 is 0. The molecule has 0 amide bonds. The third kappa shape index (κ3) is 4.89. The maximum Gasteiger partial charge on any atom is 0.338 e. The first-order valence-electron chi connectivity index (χ1n) is 11.0. The fourth-order valence-corrected chi connectivity index (χ4v) is 4.54. The first kappa shape index (κ1) is 22.0. The van der Waals surface area contributed by atoms with Crippen LogP contribution >= 0.6 is 0 Å². The number of cyclic esters (lactones) is 1. The van der Waals surface area contributed by atoms with Crippen LogP contribution in [-0.4, -0.2) is 24.7 Å². The Bertz CT molecular complexity index is 896. The number of nitrogens with one attached hydrogen (secondary N) is 1. The van der Waals surface area contributed by atoms with Crippen molar-refractivity contribution < 1.29 is 14.6 Å². The number of rotatable bonds is 9. The Kier molecular flexibility index (Phi) is 7.25. The van der Waals surface area contributed by atoms with E-state index in [1.54, 1.807) is 0 Å². The molecule has 4 nitrogen and oxygen atoms in total. The second-order valence-corrected chi connectivity index (χ2v) is 8.18. The lowest BCUT2D eigenvalue weighted by atomic mass is 9.80. The van der Waals surface area contributed by atoms with Gasteiger partial charge >= 0.3 is 5.97 Å². The van der Waals surface area contributed by atoms with E-state index in [0.29, 0.717) is 24.8 Å². The average Bonchev–Trinajstić information content (AvgIpc) is 2.76.